The van der Waals surface area contributed by atoms with Crippen molar-refractivity contribution in [2.45, 2.75) is 25.2 Å². The maximum Gasteiger partial charge on any atom is 0.237 e. The van der Waals surface area contributed by atoms with Gasteiger partial charge in [-0.15, -0.1) is 0 Å². The molecule has 0 bridgehead atoms. The van der Waals surface area contributed by atoms with Crippen LogP contribution in [-0.2, 0) is 22.4 Å². The minimum atomic E-state index is -0.834. The molecule has 2 amide bonds. The third-order valence-corrected chi connectivity index (χ3v) is 5.48. The minimum absolute atomic E-state index is 0.104. The van der Waals surface area contributed by atoms with Crippen LogP contribution >= 0.6 is 0 Å². The molecule has 0 spiro atoms. The molecule has 1 N–H and O–H groups in total. The largest absolute Gasteiger partial charge is 0.344 e. The molecule has 2 aromatic rings. The summed E-state index contributed by atoms with van der Waals surface area (Å²) in [5.74, 6) is -2.22. The molecule has 2 atom stereocenters. The van der Waals surface area contributed by atoms with Crippen molar-refractivity contribution in [2.24, 2.45) is 5.92 Å². The Morgan fingerprint density at radius 1 is 1.15 bits per heavy atom. The van der Waals surface area contributed by atoms with Gasteiger partial charge in [0.2, 0.25) is 11.8 Å². The van der Waals surface area contributed by atoms with E-state index in [0.29, 0.717) is 6.54 Å². The molecule has 4 rings (SSSR count). The molecular weight excluding hydrogens is 331 g/mol. The summed E-state index contributed by atoms with van der Waals surface area (Å²) in [5, 5.41) is 2.59. The van der Waals surface area contributed by atoms with Crippen molar-refractivity contribution < 1.29 is 14.0 Å². The van der Waals surface area contributed by atoms with E-state index in [-0.39, 0.29) is 17.5 Å². The summed E-state index contributed by atoms with van der Waals surface area (Å²) < 4.78 is 13.9. The van der Waals surface area contributed by atoms with E-state index in [1.807, 2.05) is 6.07 Å². The molecule has 0 aromatic heterocycles. The number of amides is 2. The molecule has 5 heteroatoms. The Bertz CT molecular complexity index is 880. The average molecular weight is 352 g/mol. The first-order valence-electron chi connectivity index (χ1n) is 8.96. The Morgan fingerprint density at radius 3 is 2.73 bits per heavy atom. The van der Waals surface area contributed by atoms with E-state index in [1.54, 1.807) is 24.1 Å². The highest BCUT2D eigenvalue weighted by molar-refractivity contribution is 6.08. The van der Waals surface area contributed by atoms with Crippen LogP contribution in [0, 0.1) is 11.7 Å². The van der Waals surface area contributed by atoms with E-state index in [0.717, 1.165) is 24.8 Å². The number of nitrogens with one attached hydrogen (secondary N) is 1. The molecule has 1 saturated heterocycles. The fraction of sp³-hybridized carbons (Fsp3) is 0.333. The van der Waals surface area contributed by atoms with E-state index < -0.39 is 17.6 Å². The number of fused-ring (bicyclic) bond motifs is 1. The van der Waals surface area contributed by atoms with Crippen molar-refractivity contribution in [3.8, 4) is 0 Å². The second kappa shape index (κ2) is 6.56. The van der Waals surface area contributed by atoms with Gasteiger partial charge < -0.3 is 10.2 Å². The number of aryl methyl sites for hydroxylation is 2. The van der Waals surface area contributed by atoms with E-state index in [9.17, 15) is 14.0 Å². The van der Waals surface area contributed by atoms with E-state index in [4.69, 9.17) is 0 Å². The van der Waals surface area contributed by atoms with Gasteiger partial charge in [0, 0.05) is 19.5 Å². The van der Waals surface area contributed by atoms with E-state index in [1.165, 1.54) is 23.3 Å². The van der Waals surface area contributed by atoms with Gasteiger partial charge in [-0.3, -0.25) is 9.59 Å². The number of hydrogen-bond donors (Lipinski definition) is 1. The molecule has 0 saturated carbocycles. The molecule has 1 aliphatic heterocycles. The quantitative estimate of drug-likeness (QED) is 0.863. The number of anilines is 1. The van der Waals surface area contributed by atoms with Crippen molar-refractivity contribution >= 4 is 17.5 Å². The van der Waals surface area contributed by atoms with Gasteiger partial charge in [-0.05, 0) is 48.1 Å². The van der Waals surface area contributed by atoms with Crippen molar-refractivity contribution in [3.05, 3.63) is 65.0 Å². The number of para-hydroxylation sites is 1. The first-order chi connectivity index (χ1) is 12.5. The predicted octanol–water partition coefficient (Wildman–Crippen LogP) is 3.12. The number of hydrogen-bond acceptors (Lipinski definition) is 2. The standard InChI is InChI=1S/C21H21FN2O2/c1-24-12-16(15-10-9-13-5-4-6-14(13)11-15)19(21(24)26)20(25)23-18-8-3-2-7-17(18)22/h2-3,7-11,16,19H,4-6,12H2,1H3,(H,23,25)/t16-,19+/m1/s1. The zero-order chi connectivity index (χ0) is 18.3. The molecule has 1 fully saturated rings. The van der Waals surface area contributed by atoms with Gasteiger partial charge in [0.05, 0.1) is 5.69 Å². The summed E-state index contributed by atoms with van der Waals surface area (Å²) in [6.07, 6.45) is 3.29. The lowest BCUT2D eigenvalue weighted by Gasteiger charge is -2.18. The number of likely N-dealkylation sites (tertiary alicyclic amines) is 1. The van der Waals surface area contributed by atoms with Crippen LogP contribution in [-0.4, -0.2) is 30.3 Å². The Kier molecular flexibility index (Phi) is 4.23. The van der Waals surface area contributed by atoms with Gasteiger partial charge in [0.25, 0.3) is 0 Å². The summed E-state index contributed by atoms with van der Waals surface area (Å²) >= 11 is 0. The van der Waals surface area contributed by atoms with Crippen molar-refractivity contribution in [3.63, 3.8) is 0 Å². The Morgan fingerprint density at radius 2 is 1.92 bits per heavy atom. The fourth-order valence-electron chi connectivity index (χ4n) is 4.09. The molecule has 0 unspecified atom stereocenters. The second-order valence-electron chi connectivity index (χ2n) is 7.15. The molecule has 134 valence electrons. The topological polar surface area (TPSA) is 49.4 Å². The number of carbonyl (C=O) groups is 2. The molecular formula is C21H21FN2O2. The van der Waals surface area contributed by atoms with Crippen LogP contribution in [0.4, 0.5) is 10.1 Å². The van der Waals surface area contributed by atoms with Gasteiger partial charge >= 0.3 is 0 Å². The molecule has 1 aliphatic carbocycles. The highest BCUT2D eigenvalue weighted by Gasteiger charge is 2.44. The first-order valence-corrected chi connectivity index (χ1v) is 8.96. The van der Waals surface area contributed by atoms with Crippen LogP contribution < -0.4 is 5.32 Å². The highest BCUT2D eigenvalue weighted by Crippen LogP contribution is 2.36. The Labute approximate surface area is 152 Å². The third-order valence-electron chi connectivity index (χ3n) is 5.48. The molecule has 4 nitrogen and oxygen atoms in total. The monoisotopic (exact) mass is 352 g/mol. The average Bonchev–Trinajstić information content (AvgIpc) is 3.21. The minimum Gasteiger partial charge on any atom is -0.344 e. The lowest BCUT2D eigenvalue weighted by molar-refractivity contribution is -0.135. The maximum atomic E-state index is 13.9. The highest BCUT2D eigenvalue weighted by atomic mass is 19.1. The van der Waals surface area contributed by atoms with E-state index >= 15 is 0 Å². The summed E-state index contributed by atoms with van der Waals surface area (Å²) in [6.45, 7) is 0.493. The normalized spacial score (nSPS) is 21.8. The number of nitrogens with zero attached hydrogens (tertiary/aromatic N) is 1. The van der Waals surface area contributed by atoms with Crippen molar-refractivity contribution in [1.82, 2.24) is 4.90 Å². The summed E-state index contributed by atoms with van der Waals surface area (Å²) in [6, 6.07) is 12.3. The van der Waals surface area contributed by atoms with E-state index in [2.05, 4.69) is 17.4 Å². The number of halogens is 1. The number of benzene rings is 2. The summed E-state index contributed by atoms with van der Waals surface area (Å²) in [4.78, 5) is 27.0. The first kappa shape index (κ1) is 16.8. The third kappa shape index (κ3) is 2.87. The van der Waals surface area contributed by atoms with Gasteiger partial charge in [0.15, 0.2) is 0 Å². The van der Waals surface area contributed by atoms with Crippen molar-refractivity contribution in [1.29, 1.82) is 0 Å². The zero-order valence-electron chi connectivity index (χ0n) is 14.7. The molecule has 2 aliphatic rings. The molecule has 2 aromatic carbocycles. The Hall–Kier alpha value is -2.69. The summed E-state index contributed by atoms with van der Waals surface area (Å²) in [5.41, 5.74) is 3.79. The second-order valence-corrected chi connectivity index (χ2v) is 7.15. The SMILES string of the molecule is CN1C[C@H](c2ccc3c(c2)CCC3)[C@@H](C(=O)Nc2ccccc2F)C1=O. The smallest absolute Gasteiger partial charge is 0.237 e. The van der Waals surface area contributed by atoms with Crippen LogP contribution in [0.2, 0.25) is 0 Å². The van der Waals surface area contributed by atoms with Crippen LogP contribution in [0.3, 0.4) is 0 Å². The molecule has 26 heavy (non-hydrogen) atoms. The summed E-state index contributed by atoms with van der Waals surface area (Å²) in [7, 11) is 1.71. The molecule has 1 heterocycles. The van der Waals surface area contributed by atoms with Gasteiger partial charge in [-0.1, -0.05) is 30.3 Å². The van der Waals surface area contributed by atoms with Crippen molar-refractivity contribution in [2.75, 3.05) is 18.9 Å². The number of likely N-dealkylation sites (N-methyl/N-ethyl adjacent to an activating group) is 1. The lowest BCUT2D eigenvalue weighted by atomic mass is 9.86. The van der Waals surface area contributed by atoms with Gasteiger partial charge in [-0.25, -0.2) is 4.39 Å². The van der Waals surface area contributed by atoms with Crippen LogP contribution in [0.5, 0.6) is 0 Å². The lowest BCUT2D eigenvalue weighted by Crippen LogP contribution is -2.33. The number of rotatable bonds is 3. The molecule has 0 radical (unpaired) electrons. The van der Waals surface area contributed by atoms with Crippen LogP contribution in [0.15, 0.2) is 42.5 Å². The van der Waals surface area contributed by atoms with Crippen LogP contribution in [0.1, 0.15) is 29.0 Å². The predicted molar refractivity (Wildman–Crippen MR) is 97.4 cm³/mol. The number of carbonyl (C=O) groups excluding carboxylic acids is 2. The Balaban J connectivity index is 1.63. The van der Waals surface area contributed by atoms with Gasteiger partial charge in [-0.2, -0.15) is 0 Å². The zero-order valence-corrected chi connectivity index (χ0v) is 14.7. The maximum absolute atomic E-state index is 13.9. The van der Waals surface area contributed by atoms with Gasteiger partial charge in [0.1, 0.15) is 11.7 Å². The fourth-order valence-corrected chi connectivity index (χ4v) is 4.09. The van der Waals surface area contributed by atoms with Crippen LogP contribution in [0.25, 0.3) is 0 Å².